The molecule has 1 aliphatic rings. The van der Waals surface area contributed by atoms with Crippen LogP contribution in [-0.2, 0) is 27.3 Å². The number of amides is 2. The maximum atomic E-state index is 14.8. The molecular weight excluding hydrogens is 555 g/mol. The van der Waals surface area contributed by atoms with E-state index in [1.165, 1.54) is 11.0 Å². The second-order valence-corrected chi connectivity index (χ2v) is 10.8. The third kappa shape index (κ3) is 6.94. The summed E-state index contributed by atoms with van der Waals surface area (Å²) in [4.78, 5) is 41.3. The lowest BCUT2D eigenvalue weighted by Crippen LogP contribution is -2.38. The Kier molecular flexibility index (Phi) is 9.65. The van der Waals surface area contributed by atoms with E-state index in [1.807, 2.05) is 60.7 Å². The van der Waals surface area contributed by atoms with Crippen LogP contribution in [0.1, 0.15) is 64.8 Å². The van der Waals surface area contributed by atoms with Crippen LogP contribution in [0.4, 0.5) is 4.39 Å². The number of hydrogen-bond donors (Lipinski definition) is 1. The van der Waals surface area contributed by atoms with Crippen molar-refractivity contribution in [3.63, 3.8) is 0 Å². The van der Waals surface area contributed by atoms with Gasteiger partial charge in [-0.25, -0.2) is 9.18 Å². The van der Waals surface area contributed by atoms with Crippen LogP contribution in [0.25, 0.3) is 0 Å². The number of nitrogens with zero attached hydrogens (tertiary/aromatic N) is 1. The summed E-state index contributed by atoms with van der Waals surface area (Å²) in [5.41, 5.74) is 4.40. The van der Waals surface area contributed by atoms with E-state index in [2.05, 4.69) is 5.32 Å². The Hall–Kier alpha value is -5.04. The summed E-state index contributed by atoms with van der Waals surface area (Å²) in [6, 6.07) is 32.9. The van der Waals surface area contributed by atoms with Gasteiger partial charge in [-0.15, -0.1) is 0 Å². The van der Waals surface area contributed by atoms with Gasteiger partial charge < -0.3 is 15.0 Å². The van der Waals surface area contributed by atoms with Crippen molar-refractivity contribution in [1.29, 1.82) is 0 Å². The number of rotatable bonds is 10. The molecule has 0 spiro atoms. The molecule has 6 nitrogen and oxygen atoms in total. The predicted octanol–water partition coefficient (Wildman–Crippen LogP) is 6.89. The van der Waals surface area contributed by atoms with Gasteiger partial charge in [0.05, 0.1) is 24.8 Å². The Morgan fingerprint density at radius 3 is 2.18 bits per heavy atom. The molecule has 2 amide bonds. The van der Waals surface area contributed by atoms with Gasteiger partial charge >= 0.3 is 5.97 Å². The molecule has 1 aliphatic heterocycles. The van der Waals surface area contributed by atoms with Gasteiger partial charge in [0, 0.05) is 23.6 Å². The van der Waals surface area contributed by atoms with Crippen LogP contribution in [0.15, 0.2) is 120 Å². The van der Waals surface area contributed by atoms with Gasteiger partial charge in [0.2, 0.25) is 5.91 Å². The van der Waals surface area contributed by atoms with Crippen LogP contribution >= 0.6 is 0 Å². The van der Waals surface area contributed by atoms with Gasteiger partial charge in [0.1, 0.15) is 5.82 Å². The van der Waals surface area contributed by atoms with E-state index in [9.17, 15) is 18.8 Å². The van der Waals surface area contributed by atoms with Crippen molar-refractivity contribution in [2.45, 2.75) is 45.2 Å². The second kappa shape index (κ2) is 14.0. The third-order valence-corrected chi connectivity index (χ3v) is 7.95. The summed E-state index contributed by atoms with van der Waals surface area (Å²) in [7, 11) is 0. The Morgan fingerprint density at radius 2 is 1.52 bits per heavy atom. The number of hydrogen-bond acceptors (Lipinski definition) is 4. The number of carbonyl (C=O) groups excluding carboxylic acids is 3. The fourth-order valence-electron chi connectivity index (χ4n) is 5.67. The van der Waals surface area contributed by atoms with Crippen LogP contribution in [0.2, 0.25) is 0 Å². The molecule has 2 atom stereocenters. The zero-order valence-corrected chi connectivity index (χ0v) is 24.8. The molecule has 0 radical (unpaired) electrons. The number of benzene rings is 4. The quantitative estimate of drug-likeness (QED) is 0.204. The SMILES string of the molecule is CCOC(=O)C1=C(C)N(Cc2ccc(C(=O)NC(Cc3ccccc3)c3ccccc3)cc2)C(=O)CC1c1ccccc1F. The summed E-state index contributed by atoms with van der Waals surface area (Å²) < 4.78 is 20.1. The maximum absolute atomic E-state index is 14.8. The summed E-state index contributed by atoms with van der Waals surface area (Å²) in [5, 5.41) is 3.18. The minimum absolute atomic E-state index is 0.0603. The van der Waals surface area contributed by atoms with Crippen LogP contribution in [0.5, 0.6) is 0 Å². The molecule has 0 saturated heterocycles. The topological polar surface area (TPSA) is 75.7 Å². The average Bonchev–Trinajstić information content (AvgIpc) is 3.04. The number of esters is 1. The molecule has 4 aromatic rings. The summed E-state index contributed by atoms with van der Waals surface area (Å²) in [5.74, 6) is -2.20. The van der Waals surface area contributed by atoms with E-state index in [4.69, 9.17) is 4.74 Å². The molecule has 4 aromatic carbocycles. The first-order valence-corrected chi connectivity index (χ1v) is 14.8. The zero-order valence-electron chi connectivity index (χ0n) is 24.8. The molecule has 1 N–H and O–H groups in total. The first-order valence-electron chi connectivity index (χ1n) is 14.8. The number of halogens is 1. The molecule has 0 saturated carbocycles. The van der Waals surface area contributed by atoms with Crippen molar-refractivity contribution in [2.75, 3.05) is 6.61 Å². The predicted molar refractivity (Wildman–Crippen MR) is 167 cm³/mol. The van der Waals surface area contributed by atoms with Gasteiger partial charge in [0.15, 0.2) is 0 Å². The van der Waals surface area contributed by atoms with Crippen LogP contribution in [0.3, 0.4) is 0 Å². The maximum Gasteiger partial charge on any atom is 0.336 e. The van der Waals surface area contributed by atoms with Gasteiger partial charge in [-0.2, -0.15) is 0 Å². The van der Waals surface area contributed by atoms with Gasteiger partial charge in [-0.1, -0.05) is 91.0 Å². The van der Waals surface area contributed by atoms with E-state index >= 15 is 0 Å². The molecule has 1 heterocycles. The lowest BCUT2D eigenvalue weighted by Gasteiger charge is -2.34. The highest BCUT2D eigenvalue weighted by Gasteiger charge is 2.38. The fraction of sp³-hybridized carbons (Fsp3) is 0.216. The fourth-order valence-corrected chi connectivity index (χ4v) is 5.67. The molecule has 224 valence electrons. The summed E-state index contributed by atoms with van der Waals surface area (Å²) in [6.07, 6.45) is 0.587. The van der Waals surface area contributed by atoms with Crippen molar-refractivity contribution >= 4 is 17.8 Å². The Bertz CT molecular complexity index is 1650. The Labute approximate surface area is 257 Å². The van der Waals surface area contributed by atoms with Crippen molar-refractivity contribution in [3.8, 4) is 0 Å². The highest BCUT2D eigenvalue weighted by Crippen LogP contribution is 2.38. The van der Waals surface area contributed by atoms with Crippen LogP contribution in [0, 0.1) is 5.82 Å². The smallest absolute Gasteiger partial charge is 0.336 e. The average molecular weight is 591 g/mol. The molecular formula is C37H35FN2O4. The lowest BCUT2D eigenvalue weighted by molar-refractivity contribution is -0.140. The van der Waals surface area contributed by atoms with E-state index in [-0.39, 0.29) is 43.0 Å². The van der Waals surface area contributed by atoms with Crippen molar-refractivity contribution in [1.82, 2.24) is 10.2 Å². The highest BCUT2D eigenvalue weighted by atomic mass is 19.1. The van der Waals surface area contributed by atoms with Gasteiger partial charge in [-0.3, -0.25) is 9.59 Å². The molecule has 0 aliphatic carbocycles. The third-order valence-electron chi connectivity index (χ3n) is 7.95. The number of allylic oxidation sites excluding steroid dienone is 1. The van der Waals surface area contributed by atoms with Crippen LogP contribution < -0.4 is 5.32 Å². The molecule has 0 aromatic heterocycles. The molecule has 0 bridgehead atoms. The molecule has 5 rings (SSSR count). The highest BCUT2D eigenvalue weighted by molar-refractivity contribution is 5.96. The summed E-state index contributed by atoms with van der Waals surface area (Å²) in [6.45, 7) is 3.75. The van der Waals surface area contributed by atoms with Gasteiger partial charge in [-0.05, 0) is 60.7 Å². The normalized spacial score (nSPS) is 15.6. The molecule has 44 heavy (non-hydrogen) atoms. The number of carbonyl (C=O) groups is 3. The minimum Gasteiger partial charge on any atom is -0.463 e. The molecule has 2 unspecified atom stereocenters. The largest absolute Gasteiger partial charge is 0.463 e. The standard InChI is InChI=1S/C37H35FN2O4/c1-3-44-37(43)35-25(2)40(34(41)23-31(35)30-16-10-11-17-32(30)38)24-27-18-20-29(21-19-27)36(42)39-33(28-14-8-5-9-15-28)22-26-12-6-4-7-13-26/h4-21,31,33H,3,22-24H2,1-2H3,(H,39,42). The van der Waals surface area contributed by atoms with Gasteiger partial charge in [0.25, 0.3) is 5.91 Å². The monoisotopic (exact) mass is 590 g/mol. The second-order valence-electron chi connectivity index (χ2n) is 10.8. The Balaban J connectivity index is 1.35. The Morgan fingerprint density at radius 1 is 0.886 bits per heavy atom. The van der Waals surface area contributed by atoms with Crippen molar-refractivity contribution in [2.24, 2.45) is 0 Å². The lowest BCUT2D eigenvalue weighted by atomic mass is 9.83. The molecule has 7 heteroatoms. The van der Waals surface area contributed by atoms with E-state index in [0.29, 0.717) is 23.2 Å². The van der Waals surface area contributed by atoms with Crippen LogP contribution in [-0.4, -0.2) is 29.3 Å². The van der Waals surface area contributed by atoms with E-state index < -0.39 is 17.7 Å². The first-order chi connectivity index (χ1) is 21.4. The van der Waals surface area contributed by atoms with Crippen molar-refractivity contribution < 1.29 is 23.5 Å². The number of ether oxygens (including phenoxy) is 1. The molecule has 0 fully saturated rings. The van der Waals surface area contributed by atoms with Crippen molar-refractivity contribution in [3.05, 3.63) is 154 Å². The minimum atomic E-state index is -0.737. The summed E-state index contributed by atoms with van der Waals surface area (Å²) >= 11 is 0. The number of nitrogens with one attached hydrogen (secondary N) is 1. The first kappa shape index (κ1) is 30.4. The van der Waals surface area contributed by atoms with E-state index in [1.54, 1.807) is 56.3 Å². The van der Waals surface area contributed by atoms with E-state index in [0.717, 1.165) is 16.7 Å². The zero-order chi connectivity index (χ0) is 31.1.